The zero-order chi connectivity index (χ0) is 15.2. The second kappa shape index (κ2) is 7.52. The number of thioether (sulfide) groups is 1. The molecule has 0 saturated carbocycles. The molecule has 2 aromatic rings. The molecule has 21 heavy (non-hydrogen) atoms. The van der Waals surface area contributed by atoms with Gasteiger partial charge < -0.3 is 9.47 Å². The Balaban J connectivity index is 2.06. The quantitative estimate of drug-likeness (QED) is 0.460. The minimum absolute atomic E-state index is 0.197. The molecule has 0 unspecified atom stereocenters. The van der Waals surface area contributed by atoms with Crippen molar-refractivity contribution in [3.63, 3.8) is 0 Å². The standard InChI is InChI=1S/C15H16ClNO3S/c1-19-12-4-3-10-7-11(15(16)17-13(10)8-12)9-21-6-5-14(18)20-2/h3-4,7-8H,5-6,9H2,1-2H3. The van der Waals surface area contributed by atoms with Crippen LogP contribution >= 0.6 is 23.4 Å². The molecule has 0 aliphatic rings. The van der Waals surface area contributed by atoms with Crippen LogP contribution in [0.5, 0.6) is 5.75 Å². The minimum atomic E-state index is -0.197. The molecule has 0 amide bonds. The molecule has 6 heteroatoms. The highest BCUT2D eigenvalue weighted by Gasteiger charge is 2.07. The van der Waals surface area contributed by atoms with Crippen LogP contribution in [0.15, 0.2) is 24.3 Å². The number of carbonyl (C=O) groups is 1. The summed E-state index contributed by atoms with van der Waals surface area (Å²) in [6.07, 6.45) is 0.400. The zero-order valence-electron chi connectivity index (χ0n) is 11.9. The van der Waals surface area contributed by atoms with Gasteiger partial charge in [-0.05, 0) is 18.2 Å². The van der Waals surface area contributed by atoms with E-state index in [4.69, 9.17) is 16.3 Å². The fourth-order valence-corrected chi connectivity index (χ4v) is 3.02. The smallest absolute Gasteiger partial charge is 0.306 e. The molecule has 2 rings (SSSR count). The second-order valence-electron chi connectivity index (χ2n) is 4.38. The molecule has 112 valence electrons. The lowest BCUT2D eigenvalue weighted by molar-refractivity contribution is -0.140. The van der Waals surface area contributed by atoms with E-state index in [2.05, 4.69) is 9.72 Å². The van der Waals surface area contributed by atoms with E-state index in [0.29, 0.717) is 23.1 Å². The van der Waals surface area contributed by atoms with E-state index in [-0.39, 0.29) is 5.97 Å². The highest BCUT2D eigenvalue weighted by atomic mass is 35.5. The third kappa shape index (κ3) is 4.25. The summed E-state index contributed by atoms with van der Waals surface area (Å²) >= 11 is 7.84. The summed E-state index contributed by atoms with van der Waals surface area (Å²) in [4.78, 5) is 15.4. The number of aromatic nitrogens is 1. The van der Waals surface area contributed by atoms with Gasteiger partial charge in [-0.2, -0.15) is 11.8 Å². The average molecular weight is 326 g/mol. The van der Waals surface area contributed by atoms with Gasteiger partial charge in [-0.15, -0.1) is 0 Å². The molecule has 0 saturated heterocycles. The molecule has 0 aliphatic heterocycles. The summed E-state index contributed by atoms with van der Waals surface area (Å²) < 4.78 is 9.78. The maximum atomic E-state index is 11.0. The predicted molar refractivity (Wildman–Crippen MR) is 86.1 cm³/mol. The first-order valence-corrected chi connectivity index (χ1v) is 7.95. The van der Waals surface area contributed by atoms with E-state index in [1.165, 1.54) is 7.11 Å². The first kappa shape index (κ1) is 15.9. The van der Waals surface area contributed by atoms with Crippen molar-refractivity contribution < 1.29 is 14.3 Å². The van der Waals surface area contributed by atoms with Crippen LogP contribution in [0.1, 0.15) is 12.0 Å². The molecule has 0 atom stereocenters. The first-order valence-electron chi connectivity index (χ1n) is 6.41. The third-order valence-corrected chi connectivity index (χ3v) is 4.32. The molecule has 0 bridgehead atoms. The van der Waals surface area contributed by atoms with Crippen molar-refractivity contribution in [2.24, 2.45) is 0 Å². The molecule has 4 nitrogen and oxygen atoms in total. The number of rotatable bonds is 6. The maximum absolute atomic E-state index is 11.0. The molecule has 0 spiro atoms. The summed E-state index contributed by atoms with van der Waals surface area (Å²) in [5.74, 6) is 1.97. The van der Waals surface area contributed by atoms with Gasteiger partial charge in [-0.25, -0.2) is 4.98 Å². The Morgan fingerprint density at radius 2 is 2.14 bits per heavy atom. The van der Waals surface area contributed by atoms with Crippen LogP contribution in [0.3, 0.4) is 0 Å². The largest absolute Gasteiger partial charge is 0.497 e. The highest BCUT2D eigenvalue weighted by molar-refractivity contribution is 7.98. The fourth-order valence-electron chi connectivity index (χ4n) is 1.84. The van der Waals surface area contributed by atoms with E-state index in [9.17, 15) is 4.79 Å². The Morgan fingerprint density at radius 3 is 2.86 bits per heavy atom. The van der Waals surface area contributed by atoms with Gasteiger partial charge in [-0.1, -0.05) is 11.6 Å². The van der Waals surface area contributed by atoms with Gasteiger partial charge in [0.15, 0.2) is 0 Å². The summed E-state index contributed by atoms with van der Waals surface area (Å²) in [5.41, 5.74) is 1.77. The molecule has 1 heterocycles. The van der Waals surface area contributed by atoms with Crippen molar-refractivity contribution in [1.29, 1.82) is 0 Å². The van der Waals surface area contributed by atoms with Crippen molar-refractivity contribution in [3.8, 4) is 5.75 Å². The van der Waals surface area contributed by atoms with Gasteiger partial charge in [-0.3, -0.25) is 4.79 Å². The topological polar surface area (TPSA) is 48.4 Å². The number of pyridine rings is 1. The summed E-state index contributed by atoms with van der Waals surface area (Å²) in [6.45, 7) is 0. The number of fused-ring (bicyclic) bond motifs is 1. The predicted octanol–water partition coefficient (Wildman–Crippen LogP) is 3.69. The Morgan fingerprint density at radius 1 is 1.33 bits per heavy atom. The van der Waals surface area contributed by atoms with Crippen LogP contribution in [-0.4, -0.2) is 30.9 Å². The molecule has 1 aromatic heterocycles. The number of benzene rings is 1. The molecule has 1 aromatic carbocycles. The van der Waals surface area contributed by atoms with Gasteiger partial charge in [0, 0.05) is 28.5 Å². The van der Waals surface area contributed by atoms with Gasteiger partial charge >= 0.3 is 5.97 Å². The van der Waals surface area contributed by atoms with Crippen LogP contribution in [0.25, 0.3) is 10.9 Å². The van der Waals surface area contributed by atoms with Crippen LogP contribution in [0, 0.1) is 0 Å². The lowest BCUT2D eigenvalue weighted by atomic mass is 10.1. The Bertz CT molecular complexity index is 648. The number of methoxy groups -OCH3 is 2. The Kier molecular flexibility index (Phi) is 5.70. The molecule has 0 N–H and O–H groups in total. The van der Waals surface area contributed by atoms with E-state index in [0.717, 1.165) is 22.2 Å². The lowest BCUT2D eigenvalue weighted by Crippen LogP contribution is -2.01. The number of nitrogens with zero attached hydrogens (tertiary/aromatic N) is 1. The van der Waals surface area contributed by atoms with Crippen molar-refractivity contribution in [3.05, 3.63) is 35.0 Å². The molecular formula is C15H16ClNO3S. The van der Waals surface area contributed by atoms with E-state index in [1.54, 1.807) is 18.9 Å². The van der Waals surface area contributed by atoms with Gasteiger partial charge in [0.2, 0.25) is 0 Å². The number of halogens is 1. The van der Waals surface area contributed by atoms with Crippen LogP contribution in [0.2, 0.25) is 5.15 Å². The molecule has 0 radical (unpaired) electrons. The van der Waals surface area contributed by atoms with Crippen LogP contribution in [0.4, 0.5) is 0 Å². The van der Waals surface area contributed by atoms with Crippen molar-refractivity contribution in [2.45, 2.75) is 12.2 Å². The average Bonchev–Trinajstić information content (AvgIpc) is 2.50. The fraction of sp³-hybridized carbons (Fsp3) is 0.333. The van der Waals surface area contributed by atoms with Gasteiger partial charge in [0.05, 0.1) is 26.2 Å². The number of carbonyl (C=O) groups excluding carboxylic acids is 1. The first-order chi connectivity index (χ1) is 10.1. The lowest BCUT2D eigenvalue weighted by Gasteiger charge is -2.07. The zero-order valence-corrected chi connectivity index (χ0v) is 13.5. The minimum Gasteiger partial charge on any atom is -0.497 e. The Labute approximate surface area is 132 Å². The van der Waals surface area contributed by atoms with Crippen LogP contribution in [-0.2, 0) is 15.3 Å². The monoisotopic (exact) mass is 325 g/mol. The third-order valence-electron chi connectivity index (χ3n) is 2.99. The van der Waals surface area contributed by atoms with Gasteiger partial charge in [0.1, 0.15) is 10.9 Å². The van der Waals surface area contributed by atoms with Gasteiger partial charge in [0.25, 0.3) is 0 Å². The van der Waals surface area contributed by atoms with Crippen LogP contribution < -0.4 is 4.74 Å². The molecular weight excluding hydrogens is 310 g/mol. The van der Waals surface area contributed by atoms with Crippen molar-refractivity contribution in [2.75, 3.05) is 20.0 Å². The highest BCUT2D eigenvalue weighted by Crippen LogP contribution is 2.26. The number of hydrogen-bond donors (Lipinski definition) is 0. The molecule has 0 aliphatic carbocycles. The molecule has 0 fully saturated rings. The number of esters is 1. The maximum Gasteiger partial charge on any atom is 0.306 e. The summed E-state index contributed by atoms with van der Waals surface area (Å²) in [6, 6.07) is 7.73. The SMILES string of the molecule is COC(=O)CCSCc1cc2ccc(OC)cc2nc1Cl. The second-order valence-corrected chi connectivity index (χ2v) is 5.84. The summed E-state index contributed by atoms with van der Waals surface area (Å²) in [5, 5.41) is 1.50. The number of hydrogen-bond acceptors (Lipinski definition) is 5. The van der Waals surface area contributed by atoms with Crippen molar-refractivity contribution in [1.82, 2.24) is 4.98 Å². The van der Waals surface area contributed by atoms with Crippen molar-refractivity contribution >= 4 is 40.2 Å². The van der Waals surface area contributed by atoms with E-state index >= 15 is 0 Å². The van der Waals surface area contributed by atoms with E-state index < -0.39 is 0 Å². The number of ether oxygens (including phenoxy) is 2. The summed E-state index contributed by atoms with van der Waals surface area (Å²) in [7, 11) is 3.01. The normalized spacial score (nSPS) is 10.6. The Hall–Kier alpha value is -1.46. The van der Waals surface area contributed by atoms with E-state index in [1.807, 2.05) is 24.3 Å².